The maximum Gasteiger partial charge on any atom is 0.0671 e. The number of nitrogens with zero attached hydrogens (tertiary/aromatic N) is 2. The van der Waals surface area contributed by atoms with Crippen LogP contribution in [0.5, 0.6) is 0 Å². The molecule has 1 heterocycles. The lowest BCUT2D eigenvalue weighted by molar-refractivity contribution is 0.443. The van der Waals surface area contributed by atoms with Gasteiger partial charge >= 0.3 is 0 Å². The summed E-state index contributed by atoms with van der Waals surface area (Å²) in [6, 6.07) is 8.25. The Morgan fingerprint density at radius 1 is 1.44 bits per heavy atom. The second-order valence-corrected chi connectivity index (χ2v) is 4.25. The van der Waals surface area contributed by atoms with E-state index in [0.29, 0.717) is 5.92 Å². The molecule has 0 fully saturated rings. The monoisotopic (exact) mass is 217 g/mol. The van der Waals surface area contributed by atoms with Gasteiger partial charge < -0.3 is 5.32 Å². The fourth-order valence-electron chi connectivity index (χ4n) is 1.45. The molecule has 0 aliphatic heterocycles. The quantitative estimate of drug-likeness (QED) is 0.741. The molecule has 0 saturated heterocycles. The summed E-state index contributed by atoms with van der Waals surface area (Å²) in [7, 11) is 0. The highest BCUT2D eigenvalue weighted by molar-refractivity contribution is 5.03. The number of pyridine rings is 1. The van der Waals surface area contributed by atoms with E-state index in [1.807, 2.05) is 24.4 Å². The van der Waals surface area contributed by atoms with E-state index in [1.54, 1.807) is 0 Å². The molecular weight excluding hydrogens is 198 g/mol. The Labute approximate surface area is 97.5 Å². The third-order valence-electron chi connectivity index (χ3n) is 2.62. The Morgan fingerprint density at radius 3 is 2.81 bits per heavy atom. The number of nitrogens with one attached hydrogen (secondary N) is 1. The Kier molecular flexibility index (Phi) is 5.52. The fraction of sp³-hybridized carbons (Fsp3) is 0.538. The lowest BCUT2D eigenvalue weighted by Crippen LogP contribution is -2.27. The van der Waals surface area contributed by atoms with Gasteiger partial charge in [0.2, 0.25) is 0 Å². The van der Waals surface area contributed by atoms with Crippen LogP contribution in [0, 0.1) is 23.2 Å². The van der Waals surface area contributed by atoms with Crippen LogP contribution in [-0.2, 0) is 6.42 Å². The van der Waals surface area contributed by atoms with Crippen molar-refractivity contribution in [1.29, 1.82) is 5.26 Å². The molecule has 1 rings (SSSR count). The van der Waals surface area contributed by atoms with E-state index in [9.17, 15) is 0 Å². The topological polar surface area (TPSA) is 48.7 Å². The molecule has 0 saturated carbocycles. The summed E-state index contributed by atoms with van der Waals surface area (Å²) in [5.41, 5.74) is 1.09. The van der Waals surface area contributed by atoms with E-state index < -0.39 is 0 Å². The molecular formula is C13H19N3. The molecule has 1 atom stereocenters. The molecule has 0 amide bonds. The zero-order valence-electron chi connectivity index (χ0n) is 9.98. The molecule has 1 aromatic rings. The Balaban J connectivity index is 2.20. The molecule has 0 spiro atoms. The first-order chi connectivity index (χ1) is 7.74. The summed E-state index contributed by atoms with van der Waals surface area (Å²) in [6.07, 6.45) is 2.72. The molecule has 1 unspecified atom stereocenters. The van der Waals surface area contributed by atoms with Crippen molar-refractivity contribution in [2.45, 2.75) is 20.3 Å². The summed E-state index contributed by atoms with van der Waals surface area (Å²) >= 11 is 0. The summed E-state index contributed by atoms with van der Waals surface area (Å²) in [5.74, 6) is 0.510. The minimum absolute atomic E-state index is 0.101. The summed E-state index contributed by atoms with van der Waals surface area (Å²) < 4.78 is 0. The van der Waals surface area contributed by atoms with E-state index in [0.717, 1.165) is 25.2 Å². The van der Waals surface area contributed by atoms with E-state index in [1.165, 1.54) is 0 Å². The van der Waals surface area contributed by atoms with E-state index >= 15 is 0 Å². The number of aromatic nitrogens is 1. The van der Waals surface area contributed by atoms with Gasteiger partial charge in [-0.2, -0.15) is 5.26 Å². The average molecular weight is 217 g/mol. The van der Waals surface area contributed by atoms with Crippen LogP contribution in [0.3, 0.4) is 0 Å². The van der Waals surface area contributed by atoms with Crippen molar-refractivity contribution < 1.29 is 0 Å². The van der Waals surface area contributed by atoms with Crippen LogP contribution in [0.1, 0.15) is 19.5 Å². The average Bonchev–Trinajstić information content (AvgIpc) is 2.30. The van der Waals surface area contributed by atoms with Crippen LogP contribution >= 0.6 is 0 Å². The van der Waals surface area contributed by atoms with Gasteiger partial charge in [-0.25, -0.2) is 0 Å². The number of hydrogen-bond acceptors (Lipinski definition) is 3. The van der Waals surface area contributed by atoms with Gasteiger partial charge in [-0.15, -0.1) is 0 Å². The highest BCUT2D eigenvalue weighted by atomic mass is 14.9. The SMILES string of the molecule is CC(C)C(C#N)CNCCc1ccccn1. The number of hydrogen-bond donors (Lipinski definition) is 1. The second-order valence-electron chi connectivity index (χ2n) is 4.25. The van der Waals surface area contributed by atoms with Crippen molar-refractivity contribution >= 4 is 0 Å². The standard InChI is InChI=1S/C13H19N3/c1-11(2)12(9-14)10-15-8-6-13-5-3-4-7-16-13/h3-5,7,11-12,15H,6,8,10H2,1-2H3. The largest absolute Gasteiger partial charge is 0.315 e. The first kappa shape index (κ1) is 12.7. The maximum atomic E-state index is 8.91. The first-order valence-electron chi connectivity index (χ1n) is 5.74. The normalized spacial score (nSPS) is 12.4. The number of rotatable bonds is 6. The van der Waals surface area contributed by atoms with Crippen molar-refractivity contribution in [3.05, 3.63) is 30.1 Å². The van der Waals surface area contributed by atoms with Crippen LogP contribution in [-0.4, -0.2) is 18.1 Å². The minimum atomic E-state index is 0.101. The van der Waals surface area contributed by atoms with Crippen molar-refractivity contribution in [2.24, 2.45) is 11.8 Å². The van der Waals surface area contributed by atoms with Gasteiger partial charge in [-0.3, -0.25) is 4.98 Å². The number of nitriles is 1. The second kappa shape index (κ2) is 6.97. The molecule has 3 heteroatoms. The zero-order valence-corrected chi connectivity index (χ0v) is 9.98. The fourth-order valence-corrected chi connectivity index (χ4v) is 1.45. The van der Waals surface area contributed by atoms with E-state index in [-0.39, 0.29) is 5.92 Å². The van der Waals surface area contributed by atoms with Gasteiger partial charge in [0.1, 0.15) is 0 Å². The summed E-state index contributed by atoms with van der Waals surface area (Å²) in [4.78, 5) is 4.25. The van der Waals surface area contributed by atoms with Crippen molar-refractivity contribution in [1.82, 2.24) is 10.3 Å². The molecule has 0 aromatic carbocycles. The predicted molar refractivity (Wildman–Crippen MR) is 64.8 cm³/mol. The van der Waals surface area contributed by atoms with Gasteiger partial charge in [0, 0.05) is 31.4 Å². The van der Waals surface area contributed by atoms with Crippen LogP contribution in [0.2, 0.25) is 0 Å². The molecule has 86 valence electrons. The first-order valence-corrected chi connectivity index (χ1v) is 5.74. The van der Waals surface area contributed by atoms with Crippen LogP contribution in [0.4, 0.5) is 0 Å². The van der Waals surface area contributed by atoms with E-state index in [2.05, 4.69) is 30.2 Å². The van der Waals surface area contributed by atoms with Crippen LogP contribution in [0.25, 0.3) is 0 Å². The summed E-state index contributed by atoms with van der Waals surface area (Å²) in [5, 5.41) is 12.2. The lowest BCUT2D eigenvalue weighted by atomic mass is 9.97. The molecule has 16 heavy (non-hydrogen) atoms. The zero-order chi connectivity index (χ0) is 11.8. The van der Waals surface area contributed by atoms with Crippen molar-refractivity contribution in [3.8, 4) is 6.07 Å². The third-order valence-corrected chi connectivity index (χ3v) is 2.62. The molecule has 1 aromatic heterocycles. The Morgan fingerprint density at radius 2 is 2.25 bits per heavy atom. The van der Waals surface area contributed by atoms with Crippen LogP contribution < -0.4 is 5.32 Å². The molecule has 0 radical (unpaired) electrons. The molecule has 0 bridgehead atoms. The molecule has 0 aliphatic carbocycles. The van der Waals surface area contributed by atoms with Crippen LogP contribution in [0.15, 0.2) is 24.4 Å². The molecule has 1 N–H and O–H groups in total. The van der Waals surface area contributed by atoms with Gasteiger partial charge in [0.25, 0.3) is 0 Å². The highest BCUT2D eigenvalue weighted by Gasteiger charge is 2.10. The molecule has 0 aliphatic rings. The maximum absolute atomic E-state index is 8.91. The predicted octanol–water partition coefficient (Wildman–Crippen LogP) is 2.01. The van der Waals surface area contributed by atoms with Gasteiger partial charge in [-0.05, 0) is 18.1 Å². The third kappa shape index (κ3) is 4.41. The lowest BCUT2D eigenvalue weighted by Gasteiger charge is -2.13. The Hall–Kier alpha value is -1.40. The highest BCUT2D eigenvalue weighted by Crippen LogP contribution is 2.07. The van der Waals surface area contributed by atoms with Crippen molar-refractivity contribution in [2.75, 3.05) is 13.1 Å². The van der Waals surface area contributed by atoms with E-state index in [4.69, 9.17) is 5.26 Å². The molecule has 3 nitrogen and oxygen atoms in total. The smallest absolute Gasteiger partial charge is 0.0671 e. The summed E-state index contributed by atoms with van der Waals surface area (Å²) in [6.45, 7) is 5.80. The van der Waals surface area contributed by atoms with Gasteiger partial charge in [-0.1, -0.05) is 19.9 Å². The van der Waals surface area contributed by atoms with Gasteiger partial charge in [0.05, 0.1) is 12.0 Å². The van der Waals surface area contributed by atoms with Gasteiger partial charge in [0.15, 0.2) is 0 Å². The van der Waals surface area contributed by atoms with Crippen molar-refractivity contribution in [3.63, 3.8) is 0 Å². The Bertz CT molecular complexity index is 327. The minimum Gasteiger partial charge on any atom is -0.315 e.